The number of aromatic nitrogens is 5. The molecule has 1 N–H and O–H groups in total. The molecule has 4 rings (SSSR count). The maximum absolute atomic E-state index is 5.30. The highest BCUT2D eigenvalue weighted by atomic mass is 16.5. The van der Waals surface area contributed by atoms with Crippen molar-refractivity contribution >= 4 is 11.5 Å². The highest BCUT2D eigenvalue weighted by Crippen LogP contribution is 2.26. The third-order valence-electron chi connectivity index (χ3n) is 4.88. The van der Waals surface area contributed by atoms with Gasteiger partial charge in [0.25, 0.3) is 0 Å². The van der Waals surface area contributed by atoms with Crippen LogP contribution in [0.4, 0.5) is 5.82 Å². The van der Waals surface area contributed by atoms with Crippen LogP contribution in [0, 0.1) is 0 Å². The van der Waals surface area contributed by atoms with Crippen LogP contribution in [0.15, 0.2) is 36.4 Å². The lowest BCUT2D eigenvalue weighted by molar-refractivity contribution is 0.170. The predicted molar refractivity (Wildman–Crippen MR) is 98.2 cm³/mol. The van der Waals surface area contributed by atoms with Crippen molar-refractivity contribution in [1.29, 1.82) is 0 Å². The van der Waals surface area contributed by atoms with E-state index in [1.807, 2.05) is 24.3 Å². The molecule has 0 unspecified atom stereocenters. The Bertz CT molecular complexity index is 842. The van der Waals surface area contributed by atoms with Crippen LogP contribution < -0.4 is 10.1 Å². The minimum absolute atomic E-state index is 0.285. The first-order chi connectivity index (χ1) is 12.8. The second-order valence-corrected chi connectivity index (χ2v) is 6.51. The van der Waals surface area contributed by atoms with Gasteiger partial charge in [-0.25, -0.2) is 0 Å². The van der Waals surface area contributed by atoms with E-state index in [-0.39, 0.29) is 6.04 Å². The molecular formula is C18H23N7O. The number of rotatable bonds is 6. The lowest BCUT2D eigenvalue weighted by atomic mass is 10.0. The van der Waals surface area contributed by atoms with E-state index in [2.05, 4.69) is 43.0 Å². The molecule has 0 bridgehead atoms. The fraction of sp³-hybridized carbons (Fsp3) is 0.444. The smallest absolute Gasteiger partial charge is 0.200 e. The Morgan fingerprint density at radius 3 is 2.65 bits per heavy atom. The normalized spacial score (nSPS) is 16.5. The fourth-order valence-corrected chi connectivity index (χ4v) is 3.46. The van der Waals surface area contributed by atoms with Crippen LogP contribution in [-0.2, 0) is 0 Å². The van der Waals surface area contributed by atoms with Crippen LogP contribution >= 0.6 is 0 Å². The van der Waals surface area contributed by atoms with E-state index >= 15 is 0 Å². The zero-order valence-electron chi connectivity index (χ0n) is 14.9. The lowest BCUT2D eigenvalue weighted by Crippen LogP contribution is -2.37. The molecule has 1 aliphatic rings. The number of piperidine rings is 1. The first kappa shape index (κ1) is 16.7. The lowest BCUT2D eigenvalue weighted by Gasteiger charge is -2.35. The average molecular weight is 353 g/mol. The van der Waals surface area contributed by atoms with E-state index < -0.39 is 0 Å². The molecule has 3 aromatic rings. The van der Waals surface area contributed by atoms with Crippen molar-refractivity contribution in [1.82, 2.24) is 30.2 Å². The number of tetrazole rings is 1. The monoisotopic (exact) mass is 353 g/mol. The first-order valence-corrected chi connectivity index (χ1v) is 9.01. The van der Waals surface area contributed by atoms with Crippen LogP contribution in [0.25, 0.3) is 5.65 Å². The first-order valence-electron chi connectivity index (χ1n) is 9.01. The standard InChI is InChI=1S/C18H23N7O/c1-26-15-7-5-14(6-8-15)16(24-11-3-2-4-12-24)13-19-17-9-10-18-20-22-23-25(18)21-17/h5-10,16H,2-4,11-13H2,1H3,(H,19,21)/t16-/m1/s1. The molecule has 2 aromatic heterocycles. The largest absolute Gasteiger partial charge is 0.497 e. The Labute approximate surface area is 152 Å². The van der Waals surface area contributed by atoms with Gasteiger partial charge in [0.15, 0.2) is 5.65 Å². The number of fused-ring (bicyclic) bond motifs is 1. The zero-order valence-corrected chi connectivity index (χ0v) is 14.9. The Hall–Kier alpha value is -2.74. The van der Waals surface area contributed by atoms with Gasteiger partial charge >= 0.3 is 0 Å². The average Bonchev–Trinajstić information content (AvgIpc) is 3.17. The van der Waals surface area contributed by atoms with E-state index in [1.165, 1.54) is 29.5 Å². The molecule has 0 spiro atoms. The van der Waals surface area contributed by atoms with Crippen molar-refractivity contribution in [3.05, 3.63) is 42.0 Å². The molecule has 3 heterocycles. The number of hydrogen-bond acceptors (Lipinski definition) is 7. The SMILES string of the molecule is COc1ccc([C@@H](CNc2ccc3nnnn3n2)N2CCCCC2)cc1. The van der Waals surface area contributed by atoms with Crippen LogP contribution in [-0.4, -0.2) is 56.9 Å². The number of nitrogens with zero attached hydrogens (tertiary/aromatic N) is 6. The maximum atomic E-state index is 5.30. The van der Waals surface area contributed by atoms with Crippen molar-refractivity contribution in [2.45, 2.75) is 25.3 Å². The molecule has 1 fully saturated rings. The van der Waals surface area contributed by atoms with Crippen molar-refractivity contribution in [3.63, 3.8) is 0 Å². The molecule has 0 radical (unpaired) electrons. The quantitative estimate of drug-likeness (QED) is 0.727. The molecule has 1 aromatic carbocycles. The summed E-state index contributed by atoms with van der Waals surface area (Å²) >= 11 is 0. The fourth-order valence-electron chi connectivity index (χ4n) is 3.46. The number of benzene rings is 1. The van der Waals surface area contributed by atoms with Gasteiger partial charge in [0, 0.05) is 6.54 Å². The van der Waals surface area contributed by atoms with Crippen LogP contribution in [0.2, 0.25) is 0 Å². The summed E-state index contributed by atoms with van der Waals surface area (Å²) < 4.78 is 6.73. The zero-order chi connectivity index (χ0) is 17.8. The van der Waals surface area contributed by atoms with Gasteiger partial charge in [0.1, 0.15) is 11.6 Å². The summed E-state index contributed by atoms with van der Waals surface area (Å²) in [6.45, 7) is 3.02. The van der Waals surface area contributed by atoms with E-state index in [9.17, 15) is 0 Å². The second kappa shape index (κ2) is 7.65. The Kier molecular flexibility index (Phi) is 4.92. The van der Waals surface area contributed by atoms with E-state index in [4.69, 9.17) is 4.74 Å². The summed E-state index contributed by atoms with van der Waals surface area (Å²) in [5, 5.41) is 19.2. The van der Waals surface area contributed by atoms with Crippen molar-refractivity contribution < 1.29 is 4.74 Å². The van der Waals surface area contributed by atoms with Crippen LogP contribution in [0.1, 0.15) is 30.9 Å². The summed E-state index contributed by atoms with van der Waals surface area (Å²) in [6.07, 6.45) is 3.82. The van der Waals surface area contributed by atoms with Gasteiger partial charge in [-0.2, -0.15) is 0 Å². The van der Waals surface area contributed by atoms with Crippen molar-refractivity contribution in [2.24, 2.45) is 0 Å². The van der Waals surface area contributed by atoms with Gasteiger partial charge in [-0.1, -0.05) is 18.6 Å². The molecule has 26 heavy (non-hydrogen) atoms. The summed E-state index contributed by atoms with van der Waals surface area (Å²) in [7, 11) is 1.69. The third-order valence-corrected chi connectivity index (χ3v) is 4.88. The molecule has 8 heteroatoms. The number of hydrogen-bond donors (Lipinski definition) is 1. The molecular weight excluding hydrogens is 330 g/mol. The van der Waals surface area contributed by atoms with Crippen molar-refractivity contribution in [3.8, 4) is 5.75 Å². The van der Waals surface area contributed by atoms with Gasteiger partial charge in [-0.15, -0.1) is 14.8 Å². The van der Waals surface area contributed by atoms with Gasteiger partial charge in [0.2, 0.25) is 0 Å². The van der Waals surface area contributed by atoms with Gasteiger partial charge in [-0.05, 0) is 66.2 Å². The summed E-state index contributed by atoms with van der Waals surface area (Å²) in [5.41, 5.74) is 1.92. The number of ether oxygens (including phenoxy) is 1. The Morgan fingerprint density at radius 1 is 1.08 bits per heavy atom. The van der Waals surface area contributed by atoms with Crippen LogP contribution in [0.5, 0.6) is 5.75 Å². The highest BCUT2D eigenvalue weighted by Gasteiger charge is 2.22. The number of methoxy groups -OCH3 is 1. The topological polar surface area (TPSA) is 80.5 Å². The predicted octanol–water partition coefficient (Wildman–Crippen LogP) is 2.17. The van der Waals surface area contributed by atoms with E-state index in [0.29, 0.717) is 5.65 Å². The van der Waals surface area contributed by atoms with E-state index in [1.54, 1.807) is 7.11 Å². The molecule has 1 saturated heterocycles. The van der Waals surface area contributed by atoms with Crippen LogP contribution in [0.3, 0.4) is 0 Å². The molecule has 136 valence electrons. The Balaban J connectivity index is 1.53. The van der Waals surface area contributed by atoms with Gasteiger partial charge < -0.3 is 10.1 Å². The third kappa shape index (κ3) is 3.60. The van der Waals surface area contributed by atoms with Gasteiger partial charge in [-0.3, -0.25) is 4.90 Å². The second-order valence-electron chi connectivity index (χ2n) is 6.51. The van der Waals surface area contributed by atoms with Gasteiger partial charge in [0.05, 0.1) is 13.2 Å². The molecule has 0 amide bonds. The number of likely N-dealkylation sites (tertiary alicyclic amines) is 1. The molecule has 0 aliphatic carbocycles. The highest BCUT2D eigenvalue weighted by molar-refractivity contribution is 5.42. The number of anilines is 1. The minimum Gasteiger partial charge on any atom is -0.497 e. The molecule has 0 saturated carbocycles. The molecule has 1 aliphatic heterocycles. The number of nitrogens with one attached hydrogen (secondary N) is 1. The van der Waals surface area contributed by atoms with E-state index in [0.717, 1.165) is 31.2 Å². The molecule has 1 atom stereocenters. The van der Waals surface area contributed by atoms with Crippen molar-refractivity contribution in [2.75, 3.05) is 32.1 Å². The summed E-state index contributed by atoms with van der Waals surface area (Å²) in [5.74, 6) is 1.64. The molecule has 8 nitrogen and oxygen atoms in total. The summed E-state index contributed by atoms with van der Waals surface area (Å²) in [6, 6.07) is 12.4. The summed E-state index contributed by atoms with van der Waals surface area (Å²) in [4.78, 5) is 2.55. The maximum Gasteiger partial charge on any atom is 0.200 e. The Morgan fingerprint density at radius 2 is 1.88 bits per heavy atom. The minimum atomic E-state index is 0.285.